The van der Waals surface area contributed by atoms with Crippen molar-refractivity contribution in [3.05, 3.63) is 66.0 Å². The number of carbonyl (C=O) groups excluding carboxylic acids is 1. The van der Waals surface area contributed by atoms with E-state index in [1.165, 1.54) is 0 Å². The maximum atomic E-state index is 11.5. The number of carbonyl (C=O) groups is 1. The molecule has 4 heteroatoms. The number of benzene rings is 1. The fourth-order valence-corrected chi connectivity index (χ4v) is 2.03. The third kappa shape index (κ3) is 3.89. The van der Waals surface area contributed by atoms with Gasteiger partial charge in [-0.3, -0.25) is 9.78 Å². The average Bonchev–Trinajstić information content (AvgIpc) is 2.49. The van der Waals surface area contributed by atoms with Gasteiger partial charge in [-0.2, -0.15) is 0 Å². The molecule has 0 bridgehead atoms. The second kappa shape index (κ2) is 6.50. The van der Waals surface area contributed by atoms with E-state index in [0.29, 0.717) is 6.54 Å². The van der Waals surface area contributed by atoms with Gasteiger partial charge < -0.3 is 11.1 Å². The Kier molecular flexibility index (Phi) is 4.70. The summed E-state index contributed by atoms with van der Waals surface area (Å²) in [6.07, 6.45) is 1.77. The molecule has 1 heterocycles. The highest BCUT2D eigenvalue weighted by Gasteiger charge is 2.26. The molecule has 0 spiro atoms. The van der Waals surface area contributed by atoms with Gasteiger partial charge in [0.1, 0.15) is 0 Å². The Morgan fingerprint density at radius 1 is 1.19 bits per heavy atom. The first-order valence-corrected chi connectivity index (χ1v) is 7.00. The molecule has 1 amide bonds. The molecule has 2 rings (SSSR count). The van der Waals surface area contributed by atoms with Gasteiger partial charge in [-0.15, -0.1) is 0 Å². The number of pyridine rings is 1. The number of hydrogen-bond donors (Lipinski definition) is 2. The number of nitrogens with one attached hydrogen (secondary N) is 1. The molecule has 0 unspecified atom stereocenters. The first kappa shape index (κ1) is 15.2. The lowest BCUT2D eigenvalue weighted by atomic mass is 9.91. The quantitative estimate of drug-likeness (QED) is 0.854. The Hall–Kier alpha value is -2.20. The Morgan fingerprint density at radius 3 is 2.43 bits per heavy atom. The Labute approximate surface area is 125 Å². The lowest BCUT2D eigenvalue weighted by Gasteiger charge is -2.26. The van der Waals surface area contributed by atoms with Gasteiger partial charge in [0.25, 0.3) is 0 Å². The van der Waals surface area contributed by atoms with Gasteiger partial charge in [0, 0.05) is 12.7 Å². The van der Waals surface area contributed by atoms with Crippen molar-refractivity contribution < 1.29 is 4.79 Å². The second-order valence-electron chi connectivity index (χ2n) is 5.73. The maximum Gasteiger partial charge on any atom is 0.224 e. The topological polar surface area (TPSA) is 68.0 Å². The van der Waals surface area contributed by atoms with Crippen molar-refractivity contribution in [2.45, 2.75) is 19.9 Å². The maximum absolute atomic E-state index is 11.5. The summed E-state index contributed by atoms with van der Waals surface area (Å²) >= 11 is 0. The van der Waals surface area contributed by atoms with Crippen LogP contribution in [0.25, 0.3) is 0 Å². The predicted octanol–water partition coefficient (Wildman–Crippen LogP) is 2.27. The minimum absolute atomic E-state index is 0.0639. The Bertz CT molecular complexity index is 542. The Balaban J connectivity index is 2.24. The molecule has 4 nitrogen and oxygen atoms in total. The molecular weight excluding hydrogens is 262 g/mol. The normalized spacial score (nSPS) is 12.9. The van der Waals surface area contributed by atoms with Crippen molar-refractivity contribution in [1.82, 2.24) is 10.3 Å². The van der Waals surface area contributed by atoms with Crippen LogP contribution in [0.2, 0.25) is 0 Å². The van der Waals surface area contributed by atoms with Crippen LogP contribution in [0.4, 0.5) is 0 Å². The van der Waals surface area contributed by atoms with Gasteiger partial charge in [0.05, 0.1) is 17.2 Å². The number of primary amides is 1. The minimum Gasteiger partial charge on any atom is -0.369 e. The zero-order valence-electron chi connectivity index (χ0n) is 12.4. The molecule has 21 heavy (non-hydrogen) atoms. The van der Waals surface area contributed by atoms with Crippen molar-refractivity contribution in [1.29, 1.82) is 0 Å². The first-order chi connectivity index (χ1) is 10.0. The summed E-state index contributed by atoms with van der Waals surface area (Å²) in [6, 6.07) is 15.8. The van der Waals surface area contributed by atoms with Gasteiger partial charge >= 0.3 is 0 Å². The van der Waals surface area contributed by atoms with E-state index in [0.717, 1.165) is 11.3 Å². The molecule has 1 atom stereocenters. The van der Waals surface area contributed by atoms with Crippen molar-refractivity contribution in [3.8, 4) is 0 Å². The summed E-state index contributed by atoms with van der Waals surface area (Å²) in [5.41, 5.74) is 6.86. The van der Waals surface area contributed by atoms with Gasteiger partial charge in [0.15, 0.2) is 0 Å². The molecule has 0 aliphatic rings. The average molecular weight is 283 g/mol. The van der Waals surface area contributed by atoms with E-state index in [-0.39, 0.29) is 11.9 Å². The number of aromatic nitrogens is 1. The van der Waals surface area contributed by atoms with Crippen LogP contribution >= 0.6 is 0 Å². The fraction of sp³-hybridized carbons (Fsp3) is 0.294. The summed E-state index contributed by atoms with van der Waals surface area (Å²) in [7, 11) is 0. The van der Waals surface area contributed by atoms with Crippen LogP contribution in [0.1, 0.15) is 31.1 Å². The number of hydrogen-bond acceptors (Lipinski definition) is 3. The zero-order chi connectivity index (χ0) is 15.3. The molecule has 110 valence electrons. The summed E-state index contributed by atoms with van der Waals surface area (Å²) in [5.74, 6) is -0.317. The molecule has 3 N–H and O–H groups in total. The van der Waals surface area contributed by atoms with Crippen LogP contribution in [-0.4, -0.2) is 17.4 Å². The van der Waals surface area contributed by atoms with Gasteiger partial charge in [-0.25, -0.2) is 0 Å². The number of amides is 1. The predicted molar refractivity (Wildman–Crippen MR) is 83.5 cm³/mol. The molecule has 0 aliphatic carbocycles. The van der Waals surface area contributed by atoms with E-state index >= 15 is 0 Å². The third-order valence-corrected chi connectivity index (χ3v) is 3.53. The van der Waals surface area contributed by atoms with Crippen LogP contribution in [-0.2, 0) is 4.79 Å². The van der Waals surface area contributed by atoms with E-state index in [1.807, 2.05) is 62.4 Å². The summed E-state index contributed by atoms with van der Waals surface area (Å²) in [6.45, 7) is 4.16. The zero-order valence-corrected chi connectivity index (χ0v) is 12.4. The van der Waals surface area contributed by atoms with Crippen LogP contribution in [0.5, 0.6) is 0 Å². The van der Waals surface area contributed by atoms with Crippen LogP contribution in [0.3, 0.4) is 0 Å². The molecular formula is C17H21N3O. The highest BCUT2D eigenvalue weighted by molar-refractivity contribution is 5.80. The van der Waals surface area contributed by atoms with Gasteiger partial charge in [-0.05, 0) is 31.5 Å². The number of nitrogens with two attached hydrogens (primary N) is 1. The van der Waals surface area contributed by atoms with E-state index in [1.54, 1.807) is 6.20 Å². The molecule has 0 aliphatic heterocycles. The van der Waals surface area contributed by atoms with E-state index < -0.39 is 5.41 Å². The van der Waals surface area contributed by atoms with Crippen LogP contribution in [0, 0.1) is 5.41 Å². The van der Waals surface area contributed by atoms with Gasteiger partial charge in [0.2, 0.25) is 5.91 Å². The second-order valence-corrected chi connectivity index (χ2v) is 5.73. The van der Waals surface area contributed by atoms with E-state index in [9.17, 15) is 4.79 Å². The number of nitrogens with zero attached hydrogens (tertiary/aromatic N) is 1. The van der Waals surface area contributed by atoms with Crippen molar-refractivity contribution >= 4 is 5.91 Å². The van der Waals surface area contributed by atoms with Gasteiger partial charge in [-0.1, -0.05) is 36.4 Å². The molecule has 0 radical (unpaired) electrons. The monoisotopic (exact) mass is 283 g/mol. The standard InChI is InChI=1S/C17H21N3O/c1-17(2,16(18)21)12-20-15(13-8-4-3-5-9-13)14-10-6-7-11-19-14/h3-11,15,20H,12H2,1-2H3,(H2,18,21)/t15-/m0/s1. The minimum atomic E-state index is -0.609. The summed E-state index contributed by atoms with van der Waals surface area (Å²) < 4.78 is 0. The fourth-order valence-electron chi connectivity index (χ4n) is 2.03. The molecule has 0 saturated heterocycles. The SMILES string of the molecule is CC(C)(CN[C@@H](c1ccccc1)c1ccccn1)C(N)=O. The van der Waals surface area contributed by atoms with Crippen molar-refractivity contribution in [2.24, 2.45) is 11.1 Å². The van der Waals surface area contributed by atoms with E-state index in [4.69, 9.17) is 5.73 Å². The van der Waals surface area contributed by atoms with E-state index in [2.05, 4.69) is 10.3 Å². The highest BCUT2D eigenvalue weighted by Crippen LogP contribution is 2.22. The Morgan fingerprint density at radius 2 is 1.86 bits per heavy atom. The van der Waals surface area contributed by atoms with Crippen molar-refractivity contribution in [3.63, 3.8) is 0 Å². The van der Waals surface area contributed by atoms with Crippen LogP contribution in [0.15, 0.2) is 54.7 Å². The summed E-state index contributed by atoms with van der Waals surface area (Å²) in [5, 5.41) is 3.41. The first-order valence-electron chi connectivity index (χ1n) is 7.00. The molecule has 1 aromatic carbocycles. The van der Waals surface area contributed by atoms with Crippen LogP contribution < -0.4 is 11.1 Å². The largest absolute Gasteiger partial charge is 0.369 e. The molecule has 2 aromatic rings. The number of rotatable bonds is 6. The third-order valence-electron chi connectivity index (χ3n) is 3.53. The van der Waals surface area contributed by atoms with Crippen molar-refractivity contribution in [2.75, 3.05) is 6.54 Å². The molecule has 1 aromatic heterocycles. The molecule has 0 saturated carbocycles. The highest BCUT2D eigenvalue weighted by atomic mass is 16.1. The lowest BCUT2D eigenvalue weighted by Crippen LogP contribution is -2.41. The lowest BCUT2D eigenvalue weighted by molar-refractivity contribution is -0.125. The summed E-state index contributed by atoms with van der Waals surface area (Å²) in [4.78, 5) is 15.9. The molecule has 0 fully saturated rings. The smallest absolute Gasteiger partial charge is 0.224 e.